The number of aliphatic carboxylic acids is 1. The second kappa shape index (κ2) is 10.3. The summed E-state index contributed by atoms with van der Waals surface area (Å²) in [5.41, 5.74) is 5.58. The van der Waals surface area contributed by atoms with Crippen LogP contribution >= 0.6 is 11.6 Å². The predicted molar refractivity (Wildman–Crippen MR) is 142 cm³/mol. The Morgan fingerprint density at radius 1 is 1.11 bits per heavy atom. The molecule has 1 aromatic heterocycles. The molecule has 38 heavy (non-hydrogen) atoms. The van der Waals surface area contributed by atoms with E-state index in [9.17, 15) is 14.7 Å². The number of carbonyl (C=O) groups excluding carboxylic acids is 1. The van der Waals surface area contributed by atoms with Gasteiger partial charge in [0.2, 0.25) is 0 Å². The first-order chi connectivity index (χ1) is 18.3. The van der Waals surface area contributed by atoms with E-state index in [1.54, 1.807) is 41.9 Å². The molecule has 1 amide bonds. The second-order valence-corrected chi connectivity index (χ2v) is 9.70. The number of aromatic nitrogens is 3. The summed E-state index contributed by atoms with van der Waals surface area (Å²) >= 11 is 6.08. The van der Waals surface area contributed by atoms with E-state index in [1.165, 1.54) is 7.11 Å². The van der Waals surface area contributed by atoms with Crippen molar-refractivity contribution in [3.8, 4) is 11.5 Å². The van der Waals surface area contributed by atoms with Crippen molar-refractivity contribution in [1.29, 1.82) is 0 Å². The van der Waals surface area contributed by atoms with Crippen LogP contribution in [0.5, 0.6) is 11.5 Å². The zero-order chi connectivity index (χ0) is 27.0. The summed E-state index contributed by atoms with van der Waals surface area (Å²) in [4.78, 5) is 27.1. The van der Waals surface area contributed by atoms with Gasteiger partial charge in [-0.1, -0.05) is 35.0 Å². The molecule has 0 aliphatic carbocycles. The Bertz CT molecular complexity index is 1550. The van der Waals surface area contributed by atoms with Crippen LogP contribution in [0.15, 0.2) is 48.5 Å². The number of hydrogen-bond donors (Lipinski definition) is 1. The number of methoxy groups -OCH3 is 2. The van der Waals surface area contributed by atoms with Crippen molar-refractivity contribution >= 4 is 34.5 Å². The molecule has 1 aliphatic heterocycles. The van der Waals surface area contributed by atoms with Gasteiger partial charge in [-0.25, -0.2) is 4.68 Å². The van der Waals surface area contributed by atoms with Gasteiger partial charge in [-0.3, -0.25) is 9.59 Å². The molecule has 1 unspecified atom stereocenters. The van der Waals surface area contributed by atoms with Gasteiger partial charge < -0.3 is 19.5 Å². The third-order valence-corrected chi connectivity index (χ3v) is 7.28. The average molecular weight is 535 g/mol. The predicted octanol–water partition coefficient (Wildman–Crippen LogP) is 4.44. The third kappa shape index (κ3) is 4.65. The number of hydrogen-bond acceptors (Lipinski definition) is 6. The van der Waals surface area contributed by atoms with Gasteiger partial charge in [0.25, 0.3) is 5.91 Å². The number of amides is 1. The zero-order valence-electron chi connectivity index (χ0n) is 21.3. The van der Waals surface area contributed by atoms with E-state index >= 15 is 0 Å². The summed E-state index contributed by atoms with van der Waals surface area (Å²) in [7, 11) is 4.87. The minimum atomic E-state index is -0.909. The minimum absolute atomic E-state index is 0.101. The highest BCUT2D eigenvalue weighted by Gasteiger charge is 2.29. The molecule has 0 spiro atoms. The van der Waals surface area contributed by atoms with E-state index in [4.69, 9.17) is 21.1 Å². The van der Waals surface area contributed by atoms with Crippen molar-refractivity contribution < 1.29 is 24.2 Å². The number of fused-ring (bicyclic) bond motifs is 2. The lowest BCUT2D eigenvalue weighted by Crippen LogP contribution is -2.36. The van der Waals surface area contributed by atoms with Crippen LogP contribution in [-0.2, 0) is 24.8 Å². The SMILES string of the molecule is COc1cc(Cl)ccc1C(=O)N1CCc2c(cccc2C(CC(=O)O)c2cc(OC)c3c(c2)nnn3C)C1. The maximum Gasteiger partial charge on any atom is 0.304 e. The molecule has 0 bridgehead atoms. The molecule has 5 rings (SSSR count). The lowest BCUT2D eigenvalue weighted by Gasteiger charge is -2.32. The number of benzene rings is 3. The highest BCUT2D eigenvalue weighted by molar-refractivity contribution is 6.30. The molecule has 0 radical (unpaired) electrons. The fraction of sp³-hybridized carbons (Fsp3) is 0.286. The second-order valence-electron chi connectivity index (χ2n) is 9.26. The fourth-order valence-electron chi connectivity index (χ4n) is 5.26. The Labute approximate surface area is 224 Å². The smallest absolute Gasteiger partial charge is 0.304 e. The standard InChI is InChI=1S/C28H27ClN4O5/c1-32-27-23(30-31-32)11-17(12-25(27)38-3)22(14-26(34)35)20-6-4-5-16-15-33(10-9-19(16)20)28(36)21-8-7-18(29)13-24(21)37-2/h4-8,11-13,22H,9-10,14-15H2,1-3H3,(H,34,35). The Morgan fingerprint density at radius 2 is 1.89 bits per heavy atom. The molecule has 4 aromatic rings. The van der Waals surface area contributed by atoms with Gasteiger partial charge in [-0.2, -0.15) is 0 Å². The van der Waals surface area contributed by atoms with E-state index in [1.807, 2.05) is 30.3 Å². The van der Waals surface area contributed by atoms with E-state index in [0.29, 0.717) is 47.1 Å². The van der Waals surface area contributed by atoms with E-state index < -0.39 is 11.9 Å². The van der Waals surface area contributed by atoms with Crippen LogP contribution in [0.25, 0.3) is 11.0 Å². The molecular weight excluding hydrogens is 508 g/mol. The van der Waals surface area contributed by atoms with Crippen molar-refractivity contribution in [2.75, 3.05) is 20.8 Å². The molecule has 0 saturated carbocycles. The fourth-order valence-corrected chi connectivity index (χ4v) is 5.43. The van der Waals surface area contributed by atoms with Gasteiger partial charge in [0.05, 0.1) is 26.2 Å². The lowest BCUT2D eigenvalue weighted by atomic mass is 9.82. The van der Waals surface area contributed by atoms with Crippen LogP contribution in [0.2, 0.25) is 5.02 Å². The van der Waals surface area contributed by atoms with Crippen LogP contribution < -0.4 is 9.47 Å². The van der Waals surface area contributed by atoms with E-state index in [0.717, 1.165) is 27.8 Å². The van der Waals surface area contributed by atoms with E-state index in [-0.39, 0.29) is 12.3 Å². The Hall–Kier alpha value is -4.11. The first kappa shape index (κ1) is 25.5. The van der Waals surface area contributed by atoms with Crippen LogP contribution in [0.4, 0.5) is 0 Å². The Balaban J connectivity index is 1.52. The summed E-state index contributed by atoms with van der Waals surface area (Å²) in [5, 5.41) is 18.6. The number of carboxylic acids is 1. The minimum Gasteiger partial charge on any atom is -0.496 e. The maximum absolute atomic E-state index is 13.4. The number of carboxylic acid groups (broad SMARTS) is 1. The summed E-state index contributed by atoms with van der Waals surface area (Å²) in [6.45, 7) is 0.890. The van der Waals surface area contributed by atoms with Crippen molar-refractivity contribution in [2.24, 2.45) is 7.05 Å². The van der Waals surface area contributed by atoms with Crippen molar-refractivity contribution in [2.45, 2.75) is 25.3 Å². The Kier molecular flexibility index (Phi) is 6.94. The molecule has 1 atom stereocenters. The quantitative estimate of drug-likeness (QED) is 0.373. The zero-order valence-corrected chi connectivity index (χ0v) is 22.0. The number of aryl methyl sites for hydroxylation is 1. The van der Waals surface area contributed by atoms with Gasteiger partial charge in [0.1, 0.15) is 22.5 Å². The molecule has 1 aliphatic rings. The van der Waals surface area contributed by atoms with Crippen molar-refractivity contribution in [1.82, 2.24) is 19.9 Å². The summed E-state index contributed by atoms with van der Waals surface area (Å²) < 4.78 is 12.6. The van der Waals surface area contributed by atoms with Gasteiger partial charge in [-0.15, -0.1) is 5.10 Å². The van der Waals surface area contributed by atoms with Crippen molar-refractivity contribution in [3.63, 3.8) is 0 Å². The maximum atomic E-state index is 13.4. The van der Waals surface area contributed by atoms with E-state index in [2.05, 4.69) is 10.3 Å². The van der Waals surface area contributed by atoms with Crippen LogP contribution in [0, 0.1) is 0 Å². The third-order valence-electron chi connectivity index (χ3n) is 7.05. The molecule has 0 saturated heterocycles. The first-order valence-electron chi connectivity index (χ1n) is 12.1. The summed E-state index contributed by atoms with van der Waals surface area (Å²) in [5.74, 6) is -0.472. The van der Waals surface area contributed by atoms with Gasteiger partial charge in [-0.05, 0) is 59.0 Å². The van der Waals surface area contributed by atoms with Crippen LogP contribution in [-0.4, -0.2) is 57.6 Å². The number of halogens is 1. The highest BCUT2D eigenvalue weighted by atomic mass is 35.5. The van der Waals surface area contributed by atoms with Gasteiger partial charge in [0, 0.05) is 31.1 Å². The monoisotopic (exact) mass is 534 g/mol. The molecule has 10 heteroatoms. The lowest BCUT2D eigenvalue weighted by molar-refractivity contribution is -0.137. The molecule has 1 N–H and O–H groups in total. The first-order valence-corrected chi connectivity index (χ1v) is 12.5. The average Bonchev–Trinajstić information content (AvgIpc) is 3.30. The Morgan fingerprint density at radius 3 is 2.63 bits per heavy atom. The number of carbonyl (C=O) groups is 2. The molecule has 2 heterocycles. The molecule has 196 valence electrons. The molecular formula is C28H27ClN4O5. The number of ether oxygens (including phenoxy) is 2. The van der Waals surface area contributed by atoms with Gasteiger partial charge >= 0.3 is 5.97 Å². The highest BCUT2D eigenvalue weighted by Crippen LogP contribution is 2.38. The number of rotatable bonds is 7. The largest absolute Gasteiger partial charge is 0.496 e. The summed E-state index contributed by atoms with van der Waals surface area (Å²) in [6, 6.07) is 14.6. The normalized spacial score (nSPS) is 13.7. The van der Waals surface area contributed by atoms with Crippen LogP contribution in [0.3, 0.4) is 0 Å². The van der Waals surface area contributed by atoms with Crippen LogP contribution in [0.1, 0.15) is 45.0 Å². The molecule has 3 aromatic carbocycles. The summed E-state index contributed by atoms with van der Waals surface area (Å²) in [6.07, 6.45) is 0.490. The number of nitrogens with zero attached hydrogens (tertiary/aromatic N) is 4. The van der Waals surface area contributed by atoms with Gasteiger partial charge in [0.15, 0.2) is 0 Å². The topological polar surface area (TPSA) is 107 Å². The molecule has 0 fully saturated rings. The van der Waals surface area contributed by atoms with Crippen molar-refractivity contribution in [3.05, 3.63) is 81.4 Å². The molecule has 9 nitrogen and oxygen atoms in total.